The third-order valence-electron chi connectivity index (χ3n) is 2.54. The van der Waals surface area contributed by atoms with Crippen LogP contribution in [-0.2, 0) is 4.79 Å². The van der Waals surface area contributed by atoms with Crippen LogP contribution in [0.5, 0.6) is 0 Å². The molecule has 0 saturated heterocycles. The third kappa shape index (κ3) is 7.89. The molecule has 0 aromatic carbocycles. The molecule has 0 amide bonds. The predicted molar refractivity (Wildman–Crippen MR) is 78.9 cm³/mol. The van der Waals surface area contributed by atoms with E-state index in [4.69, 9.17) is 5.11 Å². The van der Waals surface area contributed by atoms with Gasteiger partial charge in [-0.3, -0.25) is 4.98 Å². The van der Waals surface area contributed by atoms with Gasteiger partial charge in [-0.1, -0.05) is 18.7 Å². The van der Waals surface area contributed by atoms with Crippen molar-refractivity contribution in [3.05, 3.63) is 48.3 Å². The number of pyridine rings is 1. The highest BCUT2D eigenvalue weighted by Gasteiger charge is 2.04. The maximum absolute atomic E-state index is 10.4. The largest absolute Gasteiger partial charge is 0.478 e. The zero-order chi connectivity index (χ0) is 14.8. The molecule has 0 aliphatic heterocycles. The number of nitrogens with zero attached hydrogens (tertiary/aromatic N) is 2. The Morgan fingerprint density at radius 2 is 2.11 bits per heavy atom. The smallest absolute Gasteiger partial charge is 0.331 e. The van der Waals surface area contributed by atoms with Gasteiger partial charge in [-0.2, -0.15) is 0 Å². The lowest BCUT2D eigenvalue weighted by molar-refractivity contribution is -0.132. The zero-order valence-electron chi connectivity index (χ0n) is 12.0. The summed E-state index contributed by atoms with van der Waals surface area (Å²) in [6.07, 6.45) is 5.19. The molecule has 1 aromatic heterocycles. The number of hydrogen-bond donors (Lipinski definition) is 1. The molecular formula is C15H22N2O2. The van der Waals surface area contributed by atoms with Gasteiger partial charge < -0.3 is 10.0 Å². The molecule has 1 unspecified atom stereocenters. The normalized spacial score (nSPS) is 12.4. The molecule has 0 radical (unpaired) electrons. The lowest BCUT2D eigenvalue weighted by Gasteiger charge is -2.15. The summed E-state index contributed by atoms with van der Waals surface area (Å²) in [7, 11) is 3.83. The Morgan fingerprint density at radius 3 is 2.42 bits per heavy atom. The molecule has 0 saturated carbocycles. The quantitative estimate of drug-likeness (QED) is 0.848. The fourth-order valence-corrected chi connectivity index (χ4v) is 1.08. The molecule has 0 spiro atoms. The van der Waals surface area contributed by atoms with E-state index in [1.807, 2.05) is 44.1 Å². The fraction of sp³-hybridized carbons (Fsp3) is 0.333. The first kappa shape index (κ1) is 17.1. The minimum atomic E-state index is -0.848. The fourth-order valence-electron chi connectivity index (χ4n) is 1.08. The standard InChI is InChI=1S/C8H15NO2.C7H7N/c1-6(8(10)11)5-7(2)9(3)4;1-2-7-5-3-4-6-8-7/h5,7H,1-4H3,(H,10,11);2-6H,1H2. The maximum Gasteiger partial charge on any atom is 0.331 e. The Hall–Kier alpha value is -1.94. The first-order valence-corrected chi connectivity index (χ1v) is 6.00. The Bertz CT molecular complexity index is 425. The number of hydrogen-bond acceptors (Lipinski definition) is 3. The number of carbonyl (C=O) groups is 1. The summed E-state index contributed by atoms with van der Waals surface area (Å²) < 4.78 is 0. The average molecular weight is 262 g/mol. The van der Waals surface area contributed by atoms with E-state index >= 15 is 0 Å². The van der Waals surface area contributed by atoms with Gasteiger partial charge in [0.05, 0.1) is 5.69 Å². The first-order chi connectivity index (χ1) is 8.88. The van der Waals surface area contributed by atoms with Gasteiger partial charge in [0.1, 0.15) is 0 Å². The minimum Gasteiger partial charge on any atom is -0.478 e. The van der Waals surface area contributed by atoms with Crippen molar-refractivity contribution in [2.45, 2.75) is 19.9 Å². The summed E-state index contributed by atoms with van der Waals surface area (Å²) in [5, 5.41) is 8.53. The van der Waals surface area contributed by atoms with E-state index in [1.54, 1.807) is 25.3 Å². The van der Waals surface area contributed by atoms with Gasteiger partial charge in [0.15, 0.2) is 0 Å². The van der Waals surface area contributed by atoms with E-state index < -0.39 is 5.97 Å². The van der Waals surface area contributed by atoms with Gasteiger partial charge in [-0.05, 0) is 46.2 Å². The van der Waals surface area contributed by atoms with Gasteiger partial charge in [0, 0.05) is 17.8 Å². The van der Waals surface area contributed by atoms with Crippen molar-refractivity contribution in [1.29, 1.82) is 0 Å². The summed E-state index contributed by atoms with van der Waals surface area (Å²) >= 11 is 0. The number of carboxylic acid groups (broad SMARTS) is 1. The summed E-state index contributed by atoms with van der Waals surface area (Å²) in [5.74, 6) is -0.848. The number of aliphatic carboxylic acids is 1. The number of aromatic nitrogens is 1. The molecule has 0 aliphatic rings. The third-order valence-corrected chi connectivity index (χ3v) is 2.54. The van der Waals surface area contributed by atoms with Crippen molar-refractivity contribution in [1.82, 2.24) is 9.88 Å². The summed E-state index contributed by atoms with van der Waals surface area (Å²) in [5.41, 5.74) is 1.32. The van der Waals surface area contributed by atoms with Gasteiger partial charge >= 0.3 is 5.97 Å². The van der Waals surface area contributed by atoms with E-state index in [0.717, 1.165) is 5.69 Å². The monoisotopic (exact) mass is 262 g/mol. The first-order valence-electron chi connectivity index (χ1n) is 6.00. The highest BCUT2D eigenvalue weighted by Crippen LogP contribution is 1.99. The average Bonchev–Trinajstić information content (AvgIpc) is 2.40. The molecule has 1 aromatic rings. The highest BCUT2D eigenvalue weighted by molar-refractivity contribution is 5.85. The van der Waals surface area contributed by atoms with Crippen LogP contribution < -0.4 is 0 Å². The van der Waals surface area contributed by atoms with Crippen LogP contribution in [0.2, 0.25) is 0 Å². The molecule has 0 bridgehead atoms. The van der Waals surface area contributed by atoms with E-state index in [-0.39, 0.29) is 6.04 Å². The Balaban J connectivity index is 0.000000356. The minimum absolute atomic E-state index is 0.172. The van der Waals surface area contributed by atoms with Crippen molar-refractivity contribution in [2.75, 3.05) is 14.1 Å². The Morgan fingerprint density at radius 1 is 1.47 bits per heavy atom. The van der Waals surface area contributed by atoms with E-state index in [9.17, 15) is 4.79 Å². The second kappa shape index (κ2) is 9.05. The number of rotatable bonds is 4. The Kier molecular flexibility index (Phi) is 8.13. The maximum atomic E-state index is 10.4. The second-order valence-corrected chi connectivity index (χ2v) is 4.32. The second-order valence-electron chi connectivity index (χ2n) is 4.32. The van der Waals surface area contributed by atoms with Crippen LogP contribution in [-0.4, -0.2) is 41.1 Å². The van der Waals surface area contributed by atoms with Crippen molar-refractivity contribution in [2.24, 2.45) is 0 Å². The van der Waals surface area contributed by atoms with Gasteiger partial charge in [0.25, 0.3) is 0 Å². The van der Waals surface area contributed by atoms with Crippen LogP contribution in [0.3, 0.4) is 0 Å². The molecule has 0 fully saturated rings. The Labute approximate surface area is 115 Å². The van der Waals surface area contributed by atoms with Crippen molar-refractivity contribution in [3.63, 3.8) is 0 Å². The van der Waals surface area contributed by atoms with Crippen LogP contribution in [0, 0.1) is 0 Å². The molecule has 0 aliphatic carbocycles. The lowest BCUT2D eigenvalue weighted by Crippen LogP contribution is -2.23. The topological polar surface area (TPSA) is 53.4 Å². The molecule has 4 nitrogen and oxygen atoms in total. The molecule has 1 heterocycles. The highest BCUT2D eigenvalue weighted by atomic mass is 16.4. The molecular weight excluding hydrogens is 240 g/mol. The molecule has 19 heavy (non-hydrogen) atoms. The summed E-state index contributed by atoms with van der Waals surface area (Å²) in [4.78, 5) is 16.3. The van der Waals surface area contributed by atoms with Crippen molar-refractivity contribution < 1.29 is 9.90 Å². The molecule has 104 valence electrons. The number of carboxylic acids is 1. The van der Waals surface area contributed by atoms with E-state index in [2.05, 4.69) is 11.6 Å². The molecule has 1 atom stereocenters. The van der Waals surface area contributed by atoms with Crippen LogP contribution in [0.25, 0.3) is 6.08 Å². The summed E-state index contributed by atoms with van der Waals surface area (Å²) in [6, 6.07) is 5.90. The van der Waals surface area contributed by atoms with Crippen molar-refractivity contribution >= 4 is 12.0 Å². The zero-order valence-corrected chi connectivity index (χ0v) is 12.0. The van der Waals surface area contributed by atoms with Gasteiger partial charge in [0.2, 0.25) is 0 Å². The predicted octanol–water partition coefficient (Wildman–Crippen LogP) is 2.69. The van der Waals surface area contributed by atoms with Gasteiger partial charge in [-0.25, -0.2) is 4.79 Å². The van der Waals surface area contributed by atoms with Crippen LogP contribution in [0.15, 0.2) is 42.6 Å². The van der Waals surface area contributed by atoms with Crippen molar-refractivity contribution in [3.8, 4) is 0 Å². The van der Waals surface area contributed by atoms with E-state index in [0.29, 0.717) is 5.57 Å². The SMILES string of the molecule is C=Cc1ccccn1.CC(=CC(C)N(C)C)C(=O)O. The van der Waals surface area contributed by atoms with Crippen LogP contribution in [0.1, 0.15) is 19.5 Å². The lowest BCUT2D eigenvalue weighted by atomic mass is 10.2. The number of likely N-dealkylation sites (N-methyl/N-ethyl adjacent to an activating group) is 1. The van der Waals surface area contributed by atoms with Crippen LogP contribution in [0.4, 0.5) is 0 Å². The van der Waals surface area contributed by atoms with Gasteiger partial charge in [-0.15, -0.1) is 0 Å². The summed E-state index contributed by atoms with van der Waals surface area (Å²) in [6.45, 7) is 7.12. The molecule has 1 N–H and O–H groups in total. The van der Waals surface area contributed by atoms with Crippen LogP contribution >= 0.6 is 0 Å². The molecule has 4 heteroatoms. The van der Waals surface area contributed by atoms with E-state index in [1.165, 1.54) is 0 Å². The molecule has 1 rings (SSSR count).